The second-order valence-corrected chi connectivity index (χ2v) is 5.48. The van der Waals surface area contributed by atoms with Crippen molar-refractivity contribution in [2.75, 3.05) is 6.61 Å². The Kier molecular flexibility index (Phi) is 3.62. The molecule has 1 N–H and O–H groups in total. The summed E-state index contributed by atoms with van der Waals surface area (Å²) in [7, 11) is 0. The van der Waals surface area contributed by atoms with E-state index in [0.717, 1.165) is 37.9 Å². The number of rotatable bonds is 4. The molecule has 1 saturated heterocycles. The minimum atomic E-state index is -0.433. The fourth-order valence-corrected chi connectivity index (χ4v) is 2.79. The van der Waals surface area contributed by atoms with Gasteiger partial charge < -0.3 is 9.15 Å². The number of aromatic nitrogens is 1. The maximum absolute atomic E-state index is 11.1. The Balaban J connectivity index is 1.69. The van der Waals surface area contributed by atoms with Gasteiger partial charge in [0.1, 0.15) is 0 Å². The largest absolute Gasteiger partial charge is 0.417 e. The number of benzene rings is 1. The van der Waals surface area contributed by atoms with E-state index in [-0.39, 0.29) is 5.38 Å². The number of fused-ring (bicyclic) bond motifs is 1. The van der Waals surface area contributed by atoms with Crippen LogP contribution in [0.2, 0.25) is 0 Å². The van der Waals surface area contributed by atoms with E-state index in [2.05, 4.69) is 4.98 Å². The maximum Gasteiger partial charge on any atom is 0.417 e. The van der Waals surface area contributed by atoms with E-state index in [1.807, 2.05) is 18.2 Å². The molecule has 0 bridgehead atoms. The van der Waals surface area contributed by atoms with Crippen molar-refractivity contribution in [3.05, 3.63) is 34.3 Å². The topological polar surface area (TPSA) is 55.2 Å². The van der Waals surface area contributed by atoms with Crippen LogP contribution in [0.1, 0.15) is 36.6 Å². The average molecular weight is 282 g/mol. The molecule has 19 heavy (non-hydrogen) atoms. The Morgan fingerprint density at radius 3 is 3.16 bits per heavy atom. The van der Waals surface area contributed by atoms with Crippen LogP contribution in [-0.4, -0.2) is 17.7 Å². The molecule has 1 fully saturated rings. The highest BCUT2D eigenvalue weighted by molar-refractivity contribution is 6.20. The molecule has 4 nitrogen and oxygen atoms in total. The smallest absolute Gasteiger partial charge is 0.408 e. The third kappa shape index (κ3) is 2.85. The Bertz CT molecular complexity index is 612. The SMILES string of the molecule is O=c1[nH]c2ccc(C(Cl)CCC3CCCO3)cc2o1. The zero-order chi connectivity index (χ0) is 13.2. The van der Waals surface area contributed by atoms with E-state index < -0.39 is 5.76 Å². The highest BCUT2D eigenvalue weighted by Gasteiger charge is 2.18. The van der Waals surface area contributed by atoms with Gasteiger partial charge >= 0.3 is 5.76 Å². The molecule has 2 heterocycles. The van der Waals surface area contributed by atoms with Gasteiger partial charge in [-0.2, -0.15) is 0 Å². The molecule has 2 unspecified atom stereocenters. The second kappa shape index (κ2) is 5.39. The Hall–Kier alpha value is -1.26. The van der Waals surface area contributed by atoms with Crippen molar-refractivity contribution in [2.45, 2.75) is 37.2 Å². The first-order valence-corrected chi connectivity index (χ1v) is 7.04. The molecule has 0 radical (unpaired) electrons. The lowest BCUT2D eigenvalue weighted by Crippen LogP contribution is -2.05. The van der Waals surface area contributed by atoms with Crippen LogP contribution in [0.25, 0.3) is 11.1 Å². The second-order valence-electron chi connectivity index (χ2n) is 4.95. The molecule has 102 valence electrons. The van der Waals surface area contributed by atoms with Crippen LogP contribution in [0.15, 0.2) is 27.4 Å². The van der Waals surface area contributed by atoms with Gasteiger partial charge in [0.25, 0.3) is 0 Å². The van der Waals surface area contributed by atoms with E-state index in [4.69, 9.17) is 20.8 Å². The van der Waals surface area contributed by atoms with E-state index in [0.29, 0.717) is 17.2 Å². The van der Waals surface area contributed by atoms with Gasteiger partial charge in [-0.25, -0.2) is 4.79 Å². The van der Waals surface area contributed by atoms with Crippen molar-refractivity contribution in [1.82, 2.24) is 4.98 Å². The van der Waals surface area contributed by atoms with Crippen LogP contribution in [0.4, 0.5) is 0 Å². The summed E-state index contributed by atoms with van der Waals surface area (Å²) < 4.78 is 10.6. The third-order valence-corrected chi connectivity index (χ3v) is 4.04. The van der Waals surface area contributed by atoms with Crippen LogP contribution in [0.5, 0.6) is 0 Å². The van der Waals surface area contributed by atoms with Crippen LogP contribution >= 0.6 is 11.6 Å². The molecular weight excluding hydrogens is 266 g/mol. The van der Waals surface area contributed by atoms with Gasteiger partial charge in [-0.15, -0.1) is 11.6 Å². The molecule has 1 aromatic carbocycles. The first-order chi connectivity index (χ1) is 9.22. The molecule has 1 aliphatic heterocycles. The highest BCUT2D eigenvalue weighted by atomic mass is 35.5. The minimum absolute atomic E-state index is 0.0752. The minimum Gasteiger partial charge on any atom is -0.408 e. The Morgan fingerprint density at radius 1 is 1.47 bits per heavy atom. The first-order valence-electron chi connectivity index (χ1n) is 6.61. The number of hydrogen-bond donors (Lipinski definition) is 1. The van der Waals surface area contributed by atoms with Gasteiger partial charge in [0.15, 0.2) is 5.58 Å². The van der Waals surface area contributed by atoms with E-state index in [1.165, 1.54) is 0 Å². The van der Waals surface area contributed by atoms with Crippen LogP contribution in [0, 0.1) is 0 Å². The number of oxazole rings is 1. The lowest BCUT2D eigenvalue weighted by Gasteiger charge is -2.13. The lowest BCUT2D eigenvalue weighted by atomic mass is 10.0. The Labute approximate surface area is 115 Å². The average Bonchev–Trinajstić information content (AvgIpc) is 3.02. The summed E-state index contributed by atoms with van der Waals surface area (Å²) in [4.78, 5) is 13.7. The number of hydrogen-bond acceptors (Lipinski definition) is 3. The van der Waals surface area contributed by atoms with Crippen LogP contribution in [0.3, 0.4) is 0 Å². The van der Waals surface area contributed by atoms with Gasteiger partial charge in [-0.1, -0.05) is 6.07 Å². The van der Waals surface area contributed by atoms with Crippen LogP contribution in [-0.2, 0) is 4.74 Å². The normalized spacial score (nSPS) is 21.0. The number of halogens is 1. The van der Waals surface area contributed by atoms with Crippen molar-refractivity contribution in [3.8, 4) is 0 Å². The molecule has 5 heteroatoms. The maximum atomic E-state index is 11.1. The predicted octanol–water partition coefficient (Wildman–Crippen LogP) is 3.36. The summed E-state index contributed by atoms with van der Waals surface area (Å²) in [6, 6.07) is 5.60. The summed E-state index contributed by atoms with van der Waals surface area (Å²) >= 11 is 6.41. The fraction of sp³-hybridized carbons (Fsp3) is 0.500. The summed E-state index contributed by atoms with van der Waals surface area (Å²) in [5.41, 5.74) is 2.25. The predicted molar refractivity (Wildman–Crippen MR) is 73.6 cm³/mol. The van der Waals surface area contributed by atoms with E-state index in [9.17, 15) is 4.79 Å². The molecule has 3 rings (SSSR count). The molecule has 0 spiro atoms. The van der Waals surface area contributed by atoms with Gasteiger partial charge in [0.2, 0.25) is 0 Å². The zero-order valence-corrected chi connectivity index (χ0v) is 11.3. The number of H-pyrrole nitrogens is 1. The quantitative estimate of drug-likeness (QED) is 0.874. The van der Waals surface area contributed by atoms with Gasteiger partial charge in [-0.05, 0) is 43.4 Å². The fourth-order valence-electron chi connectivity index (χ4n) is 2.53. The van der Waals surface area contributed by atoms with Crippen molar-refractivity contribution in [3.63, 3.8) is 0 Å². The summed E-state index contributed by atoms with van der Waals surface area (Å²) in [6.07, 6.45) is 4.48. The molecule has 1 aromatic heterocycles. The molecular formula is C14H16ClNO3. The van der Waals surface area contributed by atoms with Gasteiger partial charge in [0, 0.05) is 6.61 Å². The van der Waals surface area contributed by atoms with Crippen molar-refractivity contribution >= 4 is 22.7 Å². The van der Waals surface area contributed by atoms with Crippen molar-refractivity contribution in [2.24, 2.45) is 0 Å². The number of aromatic amines is 1. The first kappa shape index (κ1) is 12.8. The summed E-state index contributed by atoms with van der Waals surface area (Å²) in [5, 5.41) is -0.0752. The Morgan fingerprint density at radius 2 is 2.37 bits per heavy atom. The molecule has 2 atom stereocenters. The van der Waals surface area contributed by atoms with E-state index >= 15 is 0 Å². The third-order valence-electron chi connectivity index (χ3n) is 3.57. The summed E-state index contributed by atoms with van der Waals surface area (Å²) in [6.45, 7) is 0.873. The summed E-state index contributed by atoms with van der Waals surface area (Å²) in [5.74, 6) is -0.433. The zero-order valence-electron chi connectivity index (χ0n) is 10.5. The number of ether oxygens (including phenoxy) is 1. The van der Waals surface area contributed by atoms with Gasteiger partial charge in [-0.3, -0.25) is 4.98 Å². The molecule has 1 aliphatic rings. The van der Waals surface area contributed by atoms with E-state index in [1.54, 1.807) is 0 Å². The highest BCUT2D eigenvalue weighted by Crippen LogP contribution is 2.30. The standard InChI is InChI=1S/C14H16ClNO3/c15-11(5-4-10-2-1-7-18-10)9-3-6-12-13(8-9)19-14(17)16-12/h3,6,8,10-11H,1-2,4-5,7H2,(H,16,17). The van der Waals surface area contributed by atoms with Crippen molar-refractivity contribution in [1.29, 1.82) is 0 Å². The number of alkyl halides is 1. The lowest BCUT2D eigenvalue weighted by molar-refractivity contribution is 0.102. The molecule has 0 amide bonds. The number of nitrogens with one attached hydrogen (secondary N) is 1. The molecule has 0 aliphatic carbocycles. The van der Waals surface area contributed by atoms with Crippen LogP contribution < -0.4 is 5.76 Å². The molecule has 2 aromatic rings. The molecule has 0 saturated carbocycles. The van der Waals surface area contributed by atoms with Gasteiger partial charge in [0.05, 0.1) is 17.0 Å². The monoisotopic (exact) mass is 281 g/mol. The van der Waals surface area contributed by atoms with Crippen molar-refractivity contribution < 1.29 is 9.15 Å².